The summed E-state index contributed by atoms with van der Waals surface area (Å²) in [6.45, 7) is 4.77. The summed E-state index contributed by atoms with van der Waals surface area (Å²) in [5, 5.41) is 1.02. The van der Waals surface area contributed by atoms with Gasteiger partial charge in [-0.15, -0.1) is 0 Å². The highest BCUT2D eigenvalue weighted by Crippen LogP contribution is 2.41. The Morgan fingerprint density at radius 2 is 1.90 bits per heavy atom. The van der Waals surface area contributed by atoms with Crippen LogP contribution < -0.4 is 4.74 Å². The van der Waals surface area contributed by atoms with E-state index in [9.17, 15) is 14.3 Å². The molecule has 0 aliphatic heterocycles. The van der Waals surface area contributed by atoms with Crippen molar-refractivity contribution >= 4 is 24.3 Å². The minimum absolute atomic E-state index is 0.0504. The highest BCUT2D eigenvalue weighted by Gasteiger charge is 2.19. The van der Waals surface area contributed by atoms with Crippen LogP contribution in [0.4, 0.5) is 0 Å². The number of hydrogen-bond donors (Lipinski definition) is 1. The first-order valence-corrected chi connectivity index (χ1v) is 12.3. The molecule has 0 aliphatic rings. The number of fused-ring (bicyclic) bond motifs is 1. The molecule has 1 atom stereocenters. The Labute approximate surface area is 183 Å². The quantitative estimate of drug-likeness (QED) is 0.334. The second-order valence-electron chi connectivity index (χ2n) is 7.65. The minimum Gasteiger partial charge on any atom is -0.494 e. The van der Waals surface area contributed by atoms with Crippen molar-refractivity contribution in [2.45, 2.75) is 39.7 Å². The van der Waals surface area contributed by atoms with Crippen molar-refractivity contribution in [3.05, 3.63) is 65.4 Å². The van der Waals surface area contributed by atoms with Crippen LogP contribution in [0.2, 0.25) is 0 Å². The van der Waals surface area contributed by atoms with Crippen LogP contribution in [0.15, 0.2) is 48.5 Å². The summed E-state index contributed by atoms with van der Waals surface area (Å²) in [5.74, 6) is 0.806. The van der Waals surface area contributed by atoms with Gasteiger partial charge in [-0.2, -0.15) is 0 Å². The van der Waals surface area contributed by atoms with Gasteiger partial charge in [0.1, 0.15) is 11.5 Å². The molecule has 3 aromatic rings. The Kier molecular flexibility index (Phi) is 7.71. The third kappa shape index (κ3) is 5.85. The molecule has 166 valence electrons. The fourth-order valence-electron chi connectivity index (χ4n) is 3.89. The number of hydrogen-bond acceptors (Lipinski definition) is 4. The Bertz CT molecular complexity index is 1090. The van der Waals surface area contributed by atoms with E-state index in [4.69, 9.17) is 4.74 Å². The third-order valence-electron chi connectivity index (χ3n) is 5.34. The predicted octanol–water partition coefficient (Wildman–Crippen LogP) is 4.98. The number of benzene rings is 2. The van der Waals surface area contributed by atoms with E-state index in [1.165, 1.54) is 12.7 Å². The lowest BCUT2D eigenvalue weighted by molar-refractivity contribution is -0.116. The molecule has 1 aromatic heterocycles. The van der Waals surface area contributed by atoms with Crippen molar-refractivity contribution in [3.63, 3.8) is 0 Å². The summed E-state index contributed by atoms with van der Waals surface area (Å²) in [6.07, 6.45) is 1.67. The second-order valence-corrected chi connectivity index (χ2v) is 9.74. The Hall–Kier alpha value is -2.40. The summed E-state index contributed by atoms with van der Waals surface area (Å²) in [7, 11) is -2.29. The van der Waals surface area contributed by atoms with Crippen molar-refractivity contribution in [1.82, 2.24) is 4.57 Å². The van der Waals surface area contributed by atoms with E-state index in [1.54, 1.807) is 6.92 Å². The Balaban J connectivity index is 1.92. The summed E-state index contributed by atoms with van der Waals surface area (Å²) in [5.41, 5.74) is 4.48. The fourth-order valence-corrected chi connectivity index (χ4v) is 4.60. The van der Waals surface area contributed by atoms with Crippen LogP contribution in [0.25, 0.3) is 10.9 Å². The number of nitrogens with zero attached hydrogens (tertiary/aromatic N) is 1. The van der Waals surface area contributed by atoms with Crippen molar-refractivity contribution < 1.29 is 23.5 Å². The van der Waals surface area contributed by atoms with Gasteiger partial charge in [-0.05, 0) is 49.1 Å². The molecule has 0 bridgehead atoms. The number of ketones is 1. The largest absolute Gasteiger partial charge is 0.494 e. The molecule has 7 heteroatoms. The molecule has 3 rings (SSSR count). The average molecular weight is 443 g/mol. The van der Waals surface area contributed by atoms with Crippen molar-refractivity contribution in [2.75, 3.05) is 19.9 Å². The van der Waals surface area contributed by atoms with E-state index in [2.05, 4.69) is 28.1 Å². The molecule has 1 heterocycles. The van der Waals surface area contributed by atoms with Crippen molar-refractivity contribution in [2.24, 2.45) is 0 Å². The van der Waals surface area contributed by atoms with E-state index in [0.717, 1.165) is 35.1 Å². The third-order valence-corrected chi connectivity index (χ3v) is 6.79. The molecule has 0 saturated carbocycles. The molecule has 1 N–H and O–H groups in total. The topological polar surface area (TPSA) is 77.8 Å². The number of Topliss-reactive ketones (excluding diaryl/α,β-unsaturated/α-hetero) is 1. The van der Waals surface area contributed by atoms with Crippen LogP contribution in [0, 0.1) is 0 Å². The molecule has 0 spiro atoms. The van der Waals surface area contributed by atoms with Gasteiger partial charge in [0.15, 0.2) is 0 Å². The van der Waals surface area contributed by atoms with Gasteiger partial charge in [0, 0.05) is 36.7 Å². The molecule has 6 nitrogen and oxygen atoms in total. The van der Waals surface area contributed by atoms with Crippen molar-refractivity contribution in [1.29, 1.82) is 0 Å². The van der Waals surface area contributed by atoms with E-state index in [-0.39, 0.29) is 11.9 Å². The van der Waals surface area contributed by atoms with Gasteiger partial charge in [0.2, 0.25) is 0 Å². The second kappa shape index (κ2) is 10.3. The number of rotatable bonds is 11. The lowest BCUT2D eigenvalue weighted by atomic mass is 10.0. The number of carbonyl (C=O) groups is 1. The zero-order chi connectivity index (χ0) is 22.4. The van der Waals surface area contributed by atoms with E-state index in [1.807, 2.05) is 36.4 Å². The molecule has 0 radical (unpaired) electrons. The molecule has 0 aliphatic carbocycles. The van der Waals surface area contributed by atoms with E-state index < -0.39 is 7.60 Å². The van der Waals surface area contributed by atoms with Crippen LogP contribution in [-0.2, 0) is 33.3 Å². The van der Waals surface area contributed by atoms with Gasteiger partial charge in [-0.1, -0.05) is 37.3 Å². The van der Waals surface area contributed by atoms with Crippen LogP contribution >= 0.6 is 7.60 Å². The zero-order valence-corrected chi connectivity index (χ0v) is 19.2. The predicted molar refractivity (Wildman–Crippen MR) is 123 cm³/mol. The van der Waals surface area contributed by atoms with Crippen LogP contribution in [0.5, 0.6) is 5.75 Å². The fraction of sp³-hybridized carbons (Fsp3) is 0.375. The summed E-state index contributed by atoms with van der Waals surface area (Å²) in [4.78, 5) is 21.5. The first-order valence-electron chi connectivity index (χ1n) is 10.5. The lowest BCUT2D eigenvalue weighted by Crippen LogP contribution is -2.06. The number of ether oxygens (including phenoxy) is 1. The Morgan fingerprint density at radius 1 is 1.16 bits per heavy atom. The summed E-state index contributed by atoms with van der Waals surface area (Å²) in [6, 6.07) is 16.2. The zero-order valence-electron chi connectivity index (χ0n) is 18.3. The normalized spacial score (nSPS) is 13.3. The highest BCUT2D eigenvalue weighted by atomic mass is 31.2. The smallest absolute Gasteiger partial charge is 0.327 e. The SMILES string of the molecule is CCc1c(CC(C)=O)c2cc(OCCCP(=O)(O)OC)ccc2n1Cc1ccccc1. The molecule has 0 fully saturated rings. The maximum absolute atomic E-state index is 12.0. The molecule has 1 unspecified atom stereocenters. The van der Waals surface area contributed by atoms with Gasteiger partial charge >= 0.3 is 7.60 Å². The van der Waals surface area contributed by atoms with Gasteiger partial charge in [-0.3, -0.25) is 9.36 Å². The van der Waals surface area contributed by atoms with Crippen LogP contribution in [0.3, 0.4) is 0 Å². The monoisotopic (exact) mass is 443 g/mol. The lowest BCUT2D eigenvalue weighted by Gasteiger charge is -2.11. The average Bonchev–Trinajstić information content (AvgIpc) is 3.03. The van der Waals surface area contributed by atoms with Gasteiger partial charge in [0.25, 0.3) is 0 Å². The van der Waals surface area contributed by atoms with Gasteiger partial charge in [0.05, 0.1) is 12.8 Å². The summed E-state index contributed by atoms with van der Waals surface area (Å²) >= 11 is 0. The Morgan fingerprint density at radius 3 is 2.55 bits per heavy atom. The summed E-state index contributed by atoms with van der Waals surface area (Å²) < 4.78 is 24.3. The van der Waals surface area contributed by atoms with E-state index >= 15 is 0 Å². The molecule has 0 saturated heterocycles. The highest BCUT2D eigenvalue weighted by molar-refractivity contribution is 7.52. The first-order chi connectivity index (χ1) is 14.8. The minimum atomic E-state index is -3.52. The van der Waals surface area contributed by atoms with E-state index in [0.29, 0.717) is 25.2 Å². The molecule has 31 heavy (non-hydrogen) atoms. The van der Waals surface area contributed by atoms with Crippen LogP contribution in [-0.4, -0.2) is 35.1 Å². The van der Waals surface area contributed by atoms with Gasteiger partial charge < -0.3 is 18.7 Å². The maximum Gasteiger partial charge on any atom is 0.327 e. The molecule has 0 amide bonds. The molecular formula is C24H30NO5P. The maximum atomic E-state index is 12.0. The standard InChI is InChI=1S/C24H30NO5P/c1-4-23-21(15-18(2)26)22-16-20(30-13-8-14-31(27,28)29-3)11-12-24(22)25(23)17-19-9-6-5-7-10-19/h5-7,9-12,16H,4,8,13-15,17H2,1-3H3,(H,27,28). The molecular weight excluding hydrogens is 413 g/mol. The van der Waals surface area contributed by atoms with Crippen molar-refractivity contribution in [3.8, 4) is 5.75 Å². The first kappa shape index (κ1) is 23.3. The van der Waals surface area contributed by atoms with Gasteiger partial charge in [-0.25, -0.2) is 0 Å². The number of carbonyl (C=O) groups excluding carboxylic acids is 1. The molecule has 2 aromatic carbocycles. The number of aromatic nitrogens is 1. The van der Waals surface area contributed by atoms with Crippen LogP contribution in [0.1, 0.15) is 37.1 Å².